The summed E-state index contributed by atoms with van der Waals surface area (Å²) in [6.07, 6.45) is 2.66. The average molecular weight is 387 g/mol. The molecule has 0 amide bonds. The van der Waals surface area contributed by atoms with Gasteiger partial charge in [-0.25, -0.2) is 13.8 Å². The molecule has 0 radical (unpaired) electrons. The minimum atomic E-state index is -2.32. The summed E-state index contributed by atoms with van der Waals surface area (Å²) in [6, 6.07) is 9.79. The summed E-state index contributed by atoms with van der Waals surface area (Å²) in [5.74, 6) is 0.526. The number of para-hydroxylation sites is 2. The molecule has 1 fully saturated rings. The van der Waals surface area contributed by atoms with Crippen molar-refractivity contribution in [2.45, 2.75) is 44.2 Å². The number of benzene rings is 1. The number of H-pyrrole nitrogens is 2. The van der Waals surface area contributed by atoms with Crippen LogP contribution in [0.5, 0.6) is 0 Å². The number of nitrogens with zero attached hydrogens (tertiary/aromatic N) is 1. The van der Waals surface area contributed by atoms with Gasteiger partial charge in [-0.1, -0.05) is 12.1 Å². The number of hydrogen-bond donors (Lipinski definition) is 4. The summed E-state index contributed by atoms with van der Waals surface area (Å²) in [4.78, 5) is 23.0. The number of pyridine rings is 1. The molecule has 0 aliphatic heterocycles. The summed E-state index contributed by atoms with van der Waals surface area (Å²) in [6.45, 7) is -0.257. The lowest BCUT2D eigenvalue weighted by Gasteiger charge is -2.30. The highest BCUT2D eigenvalue weighted by molar-refractivity contribution is 5.82. The number of alkyl halides is 2. The molecule has 0 unspecified atom stereocenters. The monoisotopic (exact) mass is 387 g/mol. The van der Waals surface area contributed by atoms with E-state index >= 15 is 0 Å². The molecule has 0 bridgehead atoms. The number of fused-ring (bicyclic) bond motifs is 1. The predicted molar refractivity (Wildman–Crippen MR) is 106 cm³/mol. The number of halogens is 2. The molecular weight excluding hydrogens is 364 g/mol. The van der Waals surface area contributed by atoms with Crippen LogP contribution < -0.4 is 16.2 Å². The van der Waals surface area contributed by atoms with Gasteiger partial charge in [0.2, 0.25) is 0 Å². The number of aromatic nitrogens is 3. The third-order valence-electron chi connectivity index (χ3n) is 5.23. The first-order valence-corrected chi connectivity index (χ1v) is 9.55. The van der Waals surface area contributed by atoms with Crippen molar-refractivity contribution in [3.8, 4) is 11.4 Å². The summed E-state index contributed by atoms with van der Waals surface area (Å²) < 4.78 is 24.7. The minimum Gasteiger partial charge on any atom is -0.382 e. The van der Waals surface area contributed by atoms with E-state index in [0.29, 0.717) is 11.4 Å². The lowest BCUT2D eigenvalue weighted by molar-refractivity contribution is 0.137. The standard InChI is InChI=1S/C20H23F2N5O/c21-17(22)11-24-12-5-7-13(8-6-12)25-16-9-10-23-20(28)18(16)19-26-14-3-1-2-4-15(14)27-19/h1-4,9-10,12-13,17,24H,5-8,11H2,(H,26,27)(H2,23,25,28). The number of imidazole rings is 1. The maximum Gasteiger partial charge on any atom is 0.261 e. The van der Waals surface area contributed by atoms with Crippen molar-refractivity contribution < 1.29 is 8.78 Å². The molecule has 28 heavy (non-hydrogen) atoms. The van der Waals surface area contributed by atoms with Gasteiger partial charge in [-0.05, 0) is 43.9 Å². The Morgan fingerprint density at radius 3 is 2.61 bits per heavy atom. The molecule has 0 atom stereocenters. The number of hydrogen-bond acceptors (Lipinski definition) is 4. The van der Waals surface area contributed by atoms with Crippen molar-refractivity contribution in [3.63, 3.8) is 0 Å². The second-order valence-corrected chi connectivity index (χ2v) is 7.19. The first-order valence-electron chi connectivity index (χ1n) is 9.55. The lowest BCUT2D eigenvalue weighted by atomic mass is 9.91. The first kappa shape index (κ1) is 18.6. The molecule has 1 aromatic carbocycles. The summed E-state index contributed by atoms with van der Waals surface area (Å²) in [5.41, 5.74) is 2.68. The predicted octanol–water partition coefficient (Wildman–Crippen LogP) is 3.50. The maximum atomic E-state index is 12.5. The smallest absolute Gasteiger partial charge is 0.261 e. The normalized spacial score (nSPS) is 20.0. The van der Waals surface area contributed by atoms with Crippen LogP contribution in [-0.2, 0) is 0 Å². The van der Waals surface area contributed by atoms with E-state index in [4.69, 9.17) is 0 Å². The average Bonchev–Trinajstić information content (AvgIpc) is 3.11. The molecule has 2 heterocycles. The zero-order chi connectivity index (χ0) is 19.5. The molecule has 4 rings (SSSR count). The molecule has 148 valence electrons. The second-order valence-electron chi connectivity index (χ2n) is 7.19. The third-order valence-corrected chi connectivity index (χ3v) is 5.23. The van der Waals surface area contributed by atoms with Gasteiger partial charge in [-0.2, -0.15) is 0 Å². The molecule has 2 aromatic heterocycles. The topological polar surface area (TPSA) is 85.6 Å². The van der Waals surface area contributed by atoms with Crippen molar-refractivity contribution in [3.05, 3.63) is 46.9 Å². The molecule has 0 spiro atoms. The Balaban J connectivity index is 1.50. The van der Waals surface area contributed by atoms with Crippen molar-refractivity contribution in [1.82, 2.24) is 20.3 Å². The maximum absolute atomic E-state index is 12.5. The Bertz CT molecular complexity index is 958. The highest BCUT2D eigenvalue weighted by Crippen LogP contribution is 2.28. The van der Waals surface area contributed by atoms with Crippen LogP contribution in [0, 0.1) is 0 Å². The fraction of sp³-hybridized carbons (Fsp3) is 0.400. The van der Waals surface area contributed by atoms with Crippen LogP contribution >= 0.6 is 0 Å². The molecule has 4 N–H and O–H groups in total. The lowest BCUT2D eigenvalue weighted by Crippen LogP contribution is -2.39. The fourth-order valence-corrected chi connectivity index (χ4v) is 3.82. The number of nitrogens with one attached hydrogen (secondary N) is 4. The van der Waals surface area contributed by atoms with Crippen molar-refractivity contribution in [2.24, 2.45) is 0 Å². The summed E-state index contributed by atoms with van der Waals surface area (Å²) in [5, 5.41) is 6.38. The van der Waals surface area contributed by atoms with Gasteiger partial charge >= 0.3 is 0 Å². The van der Waals surface area contributed by atoms with Gasteiger partial charge < -0.3 is 20.6 Å². The quantitative estimate of drug-likeness (QED) is 0.522. The van der Waals surface area contributed by atoms with E-state index in [9.17, 15) is 13.6 Å². The van der Waals surface area contributed by atoms with Crippen molar-refractivity contribution >= 4 is 16.7 Å². The first-order chi connectivity index (χ1) is 13.6. The molecule has 1 aliphatic carbocycles. The van der Waals surface area contributed by atoms with Gasteiger partial charge in [0.15, 0.2) is 0 Å². The number of aromatic amines is 2. The second kappa shape index (κ2) is 8.10. The Morgan fingerprint density at radius 1 is 1.11 bits per heavy atom. The van der Waals surface area contributed by atoms with E-state index < -0.39 is 6.43 Å². The highest BCUT2D eigenvalue weighted by Gasteiger charge is 2.23. The molecular formula is C20H23F2N5O. The van der Waals surface area contributed by atoms with Crippen LogP contribution in [0.4, 0.5) is 14.5 Å². The van der Waals surface area contributed by atoms with E-state index in [-0.39, 0.29) is 24.2 Å². The largest absolute Gasteiger partial charge is 0.382 e. The summed E-state index contributed by atoms with van der Waals surface area (Å²) in [7, 11) is 0. The molecule has 1 saturated carbocycles. The van der Waals surface area contributed by atoms with Gasteiger partial charge in [0.1, 0.15) is 11.4 Å². The van der Waals surface area contributed by atoms with E-state index in [1.807, 2.05) is 30.3 Å². The van der Waals surface area contributed by atoms with E-state index in [0.717, 1.165) is 42.4 Å². The Morgan fingerprint density at radius 2 is 1.86 bits per heavy atom. The van der Waals surface area contributed by atoms with Crippen LogP contribution in [0.3, 0.4) is 0 Å². The minimum absolute atomic E-state index is 0.126. The Kier molecular flexibility index (Phi) is 5.38. The Hall–Kier alpha value is -2.74. The highest BCUT2D eigenvalue weighted by atomic mass is 19.3. The van der Waals surface area contributed by atoms with E-state index in [2.05, 4.69) is 25.6 Å². The van der Waals surface area contributed by atoms with Crippen molar-refractivity contribution in [1.29, 1.82) is 0 Å². The van der Waals surface area contributed by atoms with Crippen LogP contribution in [-0.4, -0.2) is 40.0 Å². The molecule has 3 aromatic rings. The zero-order valence-corrected chi connectivity index (χ0v) is 15.3. The van der Waals surface area contributed by atoms with Crippen LogP contribution in [0.15, 0.2) is 41.3 Å². The van der Waals surface area contributed by atoms with Crippen LogP contribution in [0.25, 0.3) is 22.4 Å². The van der Waals surface area contributed by atoms with Crippen molar-refractivity contribution in [2.75, 3.05) is 11.9 Å². The van der Waals surface area contributed by atoms with Gasteiger partial charge in [0.25, 0.3) is 12.0 Å². The molecule has 8 heteroatoms. The van der Waals surface area contributed by atoms with Gasteiger partial charge in [0, 0.05) is 18.3 Å². The molecule has 6 nitrogen and oxygen atoms in total. The van der Waals surface area contributed by atoms with Crippen LogP contribution in [0.2, 0.25) is 0 Å². The molecule has 1 aliphatic rings. The third kappa shape index (κ3) is 4.06. The number of anilines is 1. The fourth-order valence-electron chi connectivity index (χ4n) is 3.82. The number of rotatable bonds is 6. The van der Waals surface area contributed by atoms with Gasteiger partial charge in [-0.15, -0.1) is 0 Å². The Labute approximate surface area is 160 Å². The van der Waals surface area contributed by atoms with Gasteiger partial charge in [-0.3, -0.25) is 4.79 Å². The summed E-state index contributed by atoms with van der Waals surface area (Å²) >= 11 is 0. The van der Waals surface area contributed by atoms with E-state index in [1.165, 1.54) is 0 Å². The zero-order valence-electron chi connectivity index (χ0n) is 15.3. The van der Waals surface area contributed by atoms with E-state index in [1.54, 1.807) is 6.20 Å². The SMILES string of the molecule is O=c1[nH]ccc(NC2CCC(NCC(F)F)CC2)c1-c1nc2ccccc2[nH]1. The van der Waals surface area contributed by atoms with Crippen LogP contribution in [0.1, 0.15) is 25.7 Å². The van der Waals surface area contributed by atoms with Gasteiger partial charge in [0.05, 0.1) is 23.3 Å². The molecule has 0 saturated heterocycles.